The van der Waals surface area contributed by atoms with Crippen LogP contribution in [0.15, 0.2) is 133 Å². The predicted octanol–water partition coefficient (Wildman–Crippen LogP) is 9.49. The van der Waals surface area contributed by atoms with E-state index in [1.54, 1.807) is 0 Å². The van der Waals surface area contributed by atoms with Crippen molar-refractivity contribution in [2.45, 2.75) is 53.4 Å². The molecule has 1 aliphatic rings. The van der Waals surface area contributed by atoms with Gasteiger partial charge in [-0.1, -0.05) is 99.9 Å². The fourth-order valence-corrected chi connectivity index (χ4v) is 5.82. The lowest BCUT2D eigenvalue weighted by Gasteiger charge is -2.47. The minimum Gasteiger partial charge on any atom is -0.393 e. The summed E-state index contributed by atoms with van der Waals surface area (Å²) >= 11 is 0. The van der Waals surface area contributed by atoms with Crippen molar-refractivity contribution in [1.29, 1.82) is 0 Å². The average Bonchev–Trinajstić information content (AvgIpc) is 2.95. The SMILES string of the molecule is C=CCNC(=C)C(=C)C(CC=C)C(C=CC)(C1=CCCC=C1C/C=C(C)\C(=C/NC)c1ccccc1)C(C)C. The molecule has 1 aromatic rings. The number of hydrogen-bond acceptors (Lipinski definition) is 2. The average molecular weight is 523 g/mol. The quantitative estimate of drug-likeness (QED) is 0.167. The van der Waals surface area contributed by atoms with E-state index in [2.05, 4.69) is 132 Å². The molecule has 0 radical (unpaired) electrons. The van der Waals surface area contributed by atoms with Crippen molar-refractivity contribution >= 4 is 5.57 Å². The number of nitrogens with one attached hydrogen (secondary N) is 2. The first-order chi connectivity index (χ1) is 18.8. The molecule has 0 amide bonds. The van der Waals surface area contributed by atoms with Crippen LogP contribution in [0.25, 0.3) is 5.57 Å². The Morgan fingerprint density at radius 2 is 1.74 bits per heavy atom. The zero-order chi connectivity index (χ0) is 28.8. The number of rotatable bonds is 16. The van der Waals surface area contributed by atoms with Crippen molar-refractivity contribution < 1.29 is 0 Å². The third-order valence-corrected chi connectivity index (χ3v) is 7.79. The summed E-state index contributed by atoms with van der Waals surface area (Å²) in [7, 11) is 1.96. The van der Waals surface area contributed by atoms with Gasteiger partial charge in [-0.05, 0) is 78.9 Å². The van der Waals surface area contributed by atoms with Crippen molar-refractivity contribution in [3.8, 4) is 0 Å². The van der Waals surface area contributed by atoms with Gasteiger partial charge in [-0.25, -0.2) is 0 Å². The molecule has 0 bridgehead atoms. The first-order valence-corrected chi connectivity index (χ1v) is 14.3. The Balaban J connectivity index is 2.58. The van der Waals surface area contributed by atoms with Crippen LogP contribution in [-0.2, 0) is 0 Å². The Kier molecular flexibility index (Phi) is 12.8. The van der Waals surface area contributed by atoms with Crippen LogP contribution in [0.4, 0.5) is 0 Å². The topological polar surface area (TPSA) is 24.1 Å². The molecule has 39 heavy (non-hydrogen) atoms. The molecule has 2 atom stereocenters. The van der Waals surface area contributed by atoms with Crippen LogP contribution in [0, 0.1) is 17.3 Å². The molecule has 0 aromatic heterocycles. The number of hydrogen-bond donors (Lipinski definition) is 2. The van der Waals surface area contributed by atoms with Gasteiger partial charge in [-0.15, -0.1) is 13.2 Å². The summed E-state index contributed by atoms with van der Waals surface area (Å²) in [6, 6.07) is 10.6. The Morgan fingerprint density at radius 1 is 1.05 bits per heavy atom. The van der Waals surface area contributed by atoms with Gasteiger partial charge in [0.05, 0.1) is 0 Å². The standard InChI is InChI=1S/C37H50N2/c1-10-18-35(30(7)31(8)39-26-12-3)37(25-11-2,28(4)5)36-22-17-16-21-33(36)24-23-29(6)34(27-38-9)32-19-14-13-15-20-32/h10-15,19-23,25,27-28,35,38-39H,1,3,7-8,16-18,24,26H2,2,4-6,9H3/b25-11?,29-23-,34-27+. The third kappa shape index (κ3) is 7.76. The van der Waals surface area contributed by atoms with Gasteiger partial charge >= 0.3 is 0 Å². The molecule has 0 aliphatic heterocycles. The lowest BCUT2D eigenvalue weighted by atomic mass is 9.57. The van der Waals surface area contributed by atoms with Crippen molar-refractivity contribution in [2.24, 2.45) is 17.3 Å². The van der Waals surface area contributed by atoms with Crippen LogP contribution in [-0.4, -0.2) is 13.6 Å². The smallest absolute Gasteiger partial charge is 0.0328 e. The first-order valence-electron chi connectivity index (χ1n) is 14.3. The van der Waals surface area contributed by atoms with E-state index < -0.39 is 0 Å². The molecule has 2 heteroatoms. The molecule has 0 saturated carbocycles. The Morgan fingerprint density at radius 3 is 2.33 bits per heavy atom. The molecule has 0 saturated heterocycles. The molecule has 2 unspecified atom stereocenters. The van der Waals surface area contributed by atoms with Gasteiger partial charge in [0.25, 0.3) is 0 Å². The van der Waals surface area contributed by atoms with Crippen molar-refractivity contribution in [2.75, 3.05) is 13.6 Å². The molecule has 1 aliphatic carbocycles. The highest BCUT2D eigenvalue weighted by Gasteiger charge is 2.44. The molecule has 0 heterocycles. The predicted molar refractivity (Wildman–Crippen MR) is 174 cm³/mol. The van der Waals surface area contributed by atoms with Gasteiger partial charge < -0.3 is 10.6 Å². The van der Waals surface area contributed by atoms with Crippen LogP contribution in [0.3, 0.4) is 0 Å². The Labute approximate surface area is 239 Å². The molecule has 208 valence electrons. The highest BCUT2D eigenvalue weighted by molar-refractivity contribution is 5.78. The maximum Gasteiger partial charge on any atom is 0.0328 e. The second-order valence-electron chi connectivity index (χ2n) is 10.6. The lowest BCUT2D eigenvalue weighted by Crippen LogP contribution is -2.39. The Hall–Kier alpha value is -3.52. The summed E-state index contributed by atoms with van der Waals surface area (Å²) in [4.78, 5) is 0. The van der Waals surface area contributed by atoms with Crippen molar-refractivity contribution in [3.05, 3.63) is 139 Å². The minimum absolute atomic E-state index is 0.123. The van der Waals surface area contributed by atoms with Crippen LogP contribution in [0.2, 0.25) is 0 Å². The van der Waals surface area contributed by atoms with E-state index in [9.17, 15) is 0 Å². The highest BCUT2D eigenvalue weighted by atomic mass is 14.9. The maximum absolute atomic E-state index is 4.58. The zero-order valence-corrected chi connectivity index (χ0v) is 25.0. The van der Waals surface area contributed by atoms with Gasteiger partial charge in [-0.3, -0.25) is 0 Å². The largest absolute Gasteiger partial charge is 0.393 e. The van der Waals surface area contributed by atoms with E-state index in [0.717, 1.165) is 37.0 Å². The van der Waals surface area contributed by atoms with Crippen LogP contribution in [0.1, 0.15) is 58.9 Å². The van der Waals surface area contributed by atoms with E-state index >= 15 is 0 Å². The number of allylic oxidation sites excluding steroid dienone is 11. The van der Waals surface area contributed by atoms with Gasteiger partial charge in [-0.2, -0.15) is 0 Å². The van der Waals surface area contributed by atoms with Gasteiger partial charge in [0.1, 0.15) is 0 Å². The molecule has 0 spiro atoms. The molecule has 2 rings (SSSR count). The van der Waals surface area contributed by atoms with Gasteiger partial charge in [0, 0.05) is 36.8 Å². The fraction of sp³-hybridized carbons (Fsp3) is 0.351. The zero-order valence-electron chi connectivity index (χ0n) is 25.0. The second-order valence-corrected chi connectivity index (χ2v) is 10.6. The van der Waals surface area contributed by atoms with E-state index in [1.165, 1.54) is 27.9 Å². The highest BCUT2D eigenvalue weighted by Crippen LogP contribution is 2.53. The van der Waals surface area contributed by atoms with Crippen LogP contribution in [0.5, 0.6) is 0 Å². The van der Waals surface area contributed by atoms with E-state index in [-0.39, 0.29) is 11.3 Å². The van der Waals surface area contributed by atoms with Gasteiger partial charge in [0.15, 0.2) is 0 Å². The van der Waals surface area contributed by atoms with E-state index in [1.807, 2.05) is 19.2 Å². The third-order valence-electron chi connectivity index (χ3n) is 7.79. The van der Waals surface area contributed by atoms with Crippen LogP contribution < -0.4 is 10.6 Å². The summed E-state index contributed by atoms with van der Waals surface area (Å²) in [6.45, 7) is 26.6. The molecular weight excluding hydrogens is 472 g/mol. The lowest BCUT2D eigenvalue weighted by molar-refractivity contribution is 0.231. The normalized spacial score (nSPS) is 16.7. The molecule has 2 nitrogen and oxygen atoms in total. The molecule has 0 fully saturated rings. The van der Waals surface area contributed by atoms with E-state index in [4.69, 9.17) is 0 Å². The first kappa shape index (κ1) is 31.7. The number of benzene rings is 1. The summed E-state index contributed by atoms with van der Waals surface area (Å²) < 4.78 is 0. The molecular formula is C37H50N2. The monoisotopic (exact) mass is 522 g/mol. The molecule has 2 N–H and O–H groups in total. The van der Waals surface area contributed by atoms with Crippen molar-refractivity contribution in [1.82, 2.24) is 10.6 Å². The van der Waals surface area contributed by atoms with Crippen LogP contribution >= 0.6 is 0 Å². The second kappa shape index (κ2) is 15.8. The summed E-state index contributed by atoms with van der Waals surface area (Å²) in [5.41, 5.74) is 8.17. The molecule has 1 aromatic carbocycles. The summed E-state index contributed by atoms with van der Waals surface area (Å²) in [6.07, 6.45) is 21.7. The maximum atomic E-state index is 4.58. The fourth-order valence-electron chi connectivity index (χ4n) is 5.82. The summed E-state index contributed by atoms with van der Waals surface area (Å²) in [5, 5.41) is 6.63. The Bertz CT molecular complexity index is 1150. The van der Waals surface area contributed by atoms with Crippen molar-refractivity contribution in [3.63, 3.8) is 0 Å². The van der Waals surface area contributed by atoms with E-state index in [0.29, 0.717) is 12.5 Å². The van der Waals surface area contributed by atoms with Gasteiger partial charge in [0.2, 0.25) is 0 Å². The minimum atomic E-state index is -0.240. The summed E-state index contributed by atoms with van der Waals surface area (Å²) in [5.74, 6) is 0.461.